The molecule has 0 aliphatic heterocycles. The van der Waals surface area contributed by atoms with Crippen molar-refractivity contribution >= 4 is 0 Å². The maximum atomic E-state index is 4.74. The molecule has 5 heavy (non-hydrogen) atoms. The summed E-state index contributed by atoms with van der Waals surface area (Å²) in [7, 11) is 1.50. The maximum Gasteiger partial charge on any atom is 0.107 e. The first-order valence-electron chi connectivity index (χ1n) is 1.16. The fraction of sp³-hybridized carbons (Fsp3) is 1.00. The van der Waals surface area contributed by atoms with Crippen LogP contribution < -0.4 is 11.7 Å². The minimum absolute atomic E-state index is 0.750. The van der Waals surface area contributed by atoms with Crippen molar-refractivity contribution in [2.45, 2.75) is 0 Å². The average Bonchev–Trinajstić information content (AvgIpc) is 1.38. The number of nitrogens with two attached hydrogens (primary N) is 2. The van der Waals surface area contributed by atoms with E-state index >= 15 is 0 Å². The van der Waals surface area contributed by atoms with E-state index in [4.69, 9.17) is 11.7 Å². The lowest BCUT2D eigenvalue weighted by Crippen LogP contribution is -2.24. The van der Waals surface area contributed by atoms with Crippen LogP contribution in [0, 0.1) is 0 Å². The molecule has 0 saturated heterocycles. The summed E-state index contributed by atoms with van der Waals surface area (Å²) in [6.07, 6.45) is 0. The van der Waals surface area contributed by atoms with Crippen LogP contribution in [0.25, 0.3) is 0 Å². The Morgan fingerprint density at radius 2 is 1.80 bits per heavy atom. The quantitative estimate of drug-likeness (QED) is 0.165. The number of hydrazine groups is 2. The van der Waals surface area contributed by atoms with Crippen LogP contribution in [-0.2, 0) is 0 Å². The Labute approximate surface area is 30.0 Å². The Morgan fingerprint density at radius 1 is 1.60 bits per heavy atom. The third-order valence-corrected chi connectivity index (χ3v) is 0.231. The van der Waals surface area contributed by atoms with E-state index in [0.717, 1.165) is 4.92 Å². The van der Waals surface area contributed by atoms with Gasteiger partial charge in [0.05, 0.1) is 7.05 Å². The van der Waals surface area contributed by atoms with E-state index < -0.39 is 0 Å². The van der Waals surface area contributed by atoms with Crippen LogP contribution in [0.1, 0.15) is 0 Å². The second kappa shape index (κ2) is 1.51. The zero-order valence-corrected chi connectivity index (χ0v) is 3.05. The summed E-state index contributed by atoms with van der Waals surface area (Å²) < 4.78 is 0. The molecule has 0 aliphatic carbocycles. The minimum atomic E-state index is 0.750. The van der Waals surface area contributed by atoms with E-state index in [-0.39, 0.29) is 0 Å². The van der Waals surface area contributed by atoms with Gasteiger partial charge >= 0.3 is 0 Å². The van der Waals surface area contributed by atoms with Crippen molar-refractivity contribution in [3.63, 3.8) is 0 Å². The molecule has 4 nitrogen and oxygen atoms in total. The number of rotatable bonds is 0. The van der Waals surface area contributed by atoms with Gasteiger partial charge in [-0.1, -0.05) is 0 Å². The van der Waals surface area contributed by atoms with Crippen LogP contribution >= 0.6 is 0 Å². The lowest BCUT2D eigenvalue weighted by atomic mass is 11.5. The Bertz CT molecular complexity index is 41.6. The summed E-state index contributed by atoms with van der Waals surface area (Å²) in [5, 5.41) is 3.28. The maximum absolute atomic E-state index is 4.74. The molecule has 4 N–H and O–H groups in total. The largest absolute Gasteiger partial charge is 0.157 e. The van der Waals surface area contributed by atoms with E-state index in [1.165, 1.54) is 7.05 Å². The molecule has 0 aromatic heterocycles. The normalized spacial score (nSPS) is 6.60. The summed E-state index contributed by atoms with van der Waals surface area (Å²) in [6, 6.07) is 0. The molecule has 0 saturated carbocycles. The van der Waals surface area contributed by atoms with Crippen LogP contribution in [0.15, 0.2) is 5.11 Å². The molecule has 0 atom stereocenters. The van der Waals surface area contributed by atoms with Crippen LogP contribution in [-0.4, -0.2) is 12.0 Å². The van der Waals surface area contributed by atoms with Crippen LogP contribution in [0.3, 0.4) is 0 Å². The molecule has 0 spiro atoms. The van der Waals surface area contributed by atoms with Gasteiger partial charge in [0.1, 0.15) is 4.92 Å². The predicted octanol–water partition coefficient (Wildman–Crippen LogP) is -1.17. The summed E-state index contributed by atoms with van der Waals surface area (Å²) in [6.45, 7) is 0. The first-order valence-corrected chi connectivity index (χ1v) is 1.16. The molecule has 4 heteroatoms. The molecule has 0 aliphatic rings. The van der Waals surface area contributed by atoms with Gasteiger partial charge in [0.15, 0.2) is 0 Å². The van der Waals surface area contributed by atoms with Gasteiger partial charge in [-0.2, -0.15) is 11.7 Å². The predicted molar refractivity (Wildman–Crippen MR) is 17.0 cm³/mol. The molecule has 0 heterocycles. The average molecular weight is 75.1 g/mol. The van der Waals surface area contributed by atoms with E-state index in [1.54, 1.807) is 0 Å². The number of hydrogen-bond donors (Lipinski definition) is 2. The first-order chi connectivity index (χ1) is 2.27. The standard InChI is InChI=1S/CH7N4/c1-4-5(2)3/h1H3,(H4,2,3,4)/q+1. The van der Waals surface area contributed by atoms with Crippen LogP contribution in [0.5, 0.6) is 0 Å². The Balaban J connectivity index is 3.14. The van der Waals surface area contributed by atoms with Crippen molar-refractivity contribution < 1.29 is 4.92 Å². The highest BCUT2D eigenvalue weighted by Gasteiger charge is 1.68. The topological polar surface area (TPSA) is 67.4 Å². The third-order valence-electron chi connectivity index (χ3n) is 0.231. The molecule has 0 unspecified atom stereocenters. The Hall–Kier alpha value is -0.800. The fourth-order valence-electron chi connectivity index (χ4n) is 0. The fourth-order valence-corrected chi connectivity index (χ4v) is 0. The molecule has 0 amide bonds. The molecular weight excluding hydrogens is 68.0 g/mol. The lowest BCUT2D eigenvalue weighted by Gasteiger charge is -1.67. The van der Waals surface area contributed by atoms with E-state index in [0.29, 0.717) is 0 Å². The van der Waals surface area contributed by atoms with Gasteiger partial charge in [-0.05, 0) is 0 Å². The Morgan fingerprint density at radius 3 is 1.80 bits per heavy atom. The van der Waals surface area contributed by atoms with Gasteiger partial charge in [0.2, 0.25) is 0 Å². The molecule has 30 valence electrons. The van der Waals surface area contributed by atoms with Gasteiger partial charge in [0, 0.05) is 5.11 Å². The third kappa shape index (κ3) is 3.20. The number of nitrogens with zero attached hydrogens (tertiary/aromatic N) is 2. The highest BCUT2D eigenvalue weighted by Crippen LogP contribution is 1.38. The molecule has 0 rings (SSSR count). The van der Waals surface area contributed by atoms with Crippen molar-refractivity contribution in [1.82, 2.24) is 0 Å². The molecular formula is CH7N4+. The Kier molecular flexibility index (Phi) is 1.27. The van der Waals surface area contributed by atoms with Crippen molar-refractivity contribution in [1.29, 1.82) is 0 Å². The molecule has 0 aromatic carbocycles. The van der Waals surface area contributed by atoms with Crippen LogP contribution in [0.2, 0.25) is 0 Å². The van der Waals surface area contributed by atoms with Gasteiger partial charge in [-0.15, -0.1) is 0 Å². The zero-order valence-electron chi connectivity index (χ0n) is 3.05. The zero-order chi connectivity index (χ0) is 4.28. The van der Waals surface area contributed by atoms with Gasteiger partial charge in [-0.3, -0.25) is 0 Å². The highest BCUT2D eigenvalue weighted by atomic mass is 15.6. The van der Waals surface area contributed by atoms with Gasteiger partial charge < -0.3 is 0 Å². The summed E-state index contributed by atoms with van der Waals surface area (Å²) in [5.41, 5.74) is 0. The van der Waals surface area contributed by atoms with Crippen LogP contribution in [0.4, 0.5) is 0 Å². The summed E-state index contributed by atoms with van der Waals surface area (Å²) in [5.74, 6) is 9.47. The smallest absolute Gasteiger partial charge is 0.107 e. The van der Waals surface area contributed by atoms with Crippen molar-refractivity contribution in [2.75, 3.05) is 7.05 Å². The monoisotopic (exact) mass is 75.1 g/mol. The number of hydrogen-bond acceptors (Lipinski definition) is 1. The molecule has 0 fully saturated rings. The lowest BCUT2D eigenvalue weighted by molar-refractivity contribution is -0.616. The summed E-state index contributed by atoms with van der Waals surface area (Å²) in [4.78, 5) is 0.750. The second-order valence-corrected chi connectivity index (χ2v) is 0.580. The molecule has 0 aromatic rings. The van der Waals surface area contributed by atoms with Crippen molar-refractivity contribution in [3.8, 4) is 0 Å². The van der Waals surface area contributed by atoms with E-state index in [1.807, 2.05) is 0 Å². The van der Waals surface area contributed by atoms with E-state index in [2.05, 4.69) is 5.11 Å². The van der Waals surface area contributed by atoms with Crippen molar-refractivity contribution in [2.24, 2.45) is 16.8 Å². The summed E-state index contributed by atoms with van der Waals surface area (Å²) >= 11 is 0. The van der Waals surface area contributed by atoms with Crippen molar-refractivity contribution in [3.05, 3.63) is 0 Å². The molecule has 0 radical (unpaired) electrons. The highest BCUT2D eigenvalue weighted by molar-refractivity contribution is 3.71. The molecule has 0 bridgehead atoms. The second-order valence-electron chi connectivity index (χ2n) is 0.580. The SMILES string of the molecule is CN=[N+](N)N. The van der Waals surface area contributed by atoms with Gasteiger partial charge in [-0.25, -0.2) is 0 Å². The van der Waals surface area contributed by atoms with E-state index in [9.17, 15) is 0 Å². The first kappa shape index (κ1) is 4.20. The van der Waals surface area contributed by atoms with Gasteiger partial charge in [0.25, 0.3) is 0 Å². The minimum Gasteiger partial charge on any atom is -0.157 e.